The summed E-state index contributed by atoms with van der Waals surface area (Å²) in [6.07, 6.45) is 4.20. The lowest BCUT2D eigenvalue weighted by Gasteiger charge is -2.23. The molecule has 0 aliphatic carbocycles. The molecule has 1 heterocycles. The Morgan fingerprint density at radius 3 is 2.52 bits per heavy atom. The van der Waals surface area contributed by atoms with Crippen LogP contribution in [0.15, 0.2) is 48.8 Å². The number of pyridine rings is 1. The van der Waals surface area contributed by atoms with E-state index in [1.54, 1.807) is 48.7 Å². The Labute approximate surface area is 136 Å². The number of nitrogens with zero attached hydrogens (tertiary/aromatic N) is 3. The highest BCUT2D eigenvalue weighted by atomic mass is 16.5. The van der Waals surface area contributed by atoms with Gasteiger partial charge >= 0.3 is 0 Å². The number of ether oxygens (including phenoxy) is 1. The molecule has 0 fully saturated rings. The van der Waals surface area contributed by atoms with E-state index in [9.17, 15) is 4.79 Å². The maximum Gasteiger partial charge on any atom is 0.254 e. The van der Waals surface area contributed by atoms with Crippen LogP contribution in [0.1, 0.15) is 27.9 Å². The Morgan fingerprint density at radius 2 is 1.91 bits per heavy atom. The fourth-order valence-electron chi connectivity index (χ4n) is 2.23. The van der Waals surface area contributed by atoms with Crippen molar-refractivity contribution in [1.29, 1.82) is 5.26 Å². The number of benzene rings is 1. The van der Waals surface area contributed by atoms with E-state index in [1.807, 2.05) is 12.1 Å². The number of hydrogen-bond donors (Lipinski definition) is 0. The first-order valence-corrected chi connectivity index (χ1v) is 7.42. The quantitative estimate of drug-likeness (QED) is 0.737. The van der Waals surface area contributed by atoms with Gasteiger partial charge in [-0.2, -0.15) is 5.26 Å². The molecule has 1 aromatic heterocycles. The third-order valence-electron chi connectivity index (χ3n) is 3.45. The number of rotatable bonds is 7. The van der Waals surface area contributed by atoms with Crippen LogP contribution in [-0.4, -0.2) is 36.1 Å². The van der Waals surface area contributed by atoms with Gasteiger partial charge < -0.3 is 9.64 Å². The minimum Gasteiger partial charge on any atom is -0.385 e. The molecule has 5 nitrogen and oxygen atoms in total. The molecule has 0 N–H and O–H groups in total. The van der Waals surface area contributed by atoms with Crippen molar-refractivity contribution in [2.45, 2.75) is 13.0 Å². The van der Waals surface area contributed by atoms with Crippen molar-refractivity contribution in [2.75, 3.05) is 20.3 Å². The maximum atomic E-state index is 12.7. The zero-order valence-corrected chi connectivity index (χ0v) is 13.1. The molecular formula is C18H19N3O2. The summed E-state index contributed by atoms with van der Waals surface area (Å²) in [5.41, 5.74) is 2.15. The van der Waals surface area contributed by atoms with E-state index >= 15 is 0 Å². The van der Waals surface area contributed by atoms with Crippen LogP contribution in [-0.2, 0) is 11.3 Å². The summed E-state index contributed by atoms with van der Waals surface area (Å²) in [7, 11) is 1.65. The third kappa shape index (κ3) is 4.90. The Kier molecular flexibility index (Phi) is 6.28. The van der Waals surface area contributed by atoms with Gasteiger partial charge in [0.15, 0.2) is 0 Å². The van der Waals surface area contributed by atoms with Gasteiger partial charge in [-0.3, -0.25) is 9.78 Å². The molecule has 1 aromatic carbocycles. The average molecular weight is 309 g/mol. The zero-order chi connectivity index (χ0) is 16.5. The van der Waals surface area contributed by atoms with E-state index in [-0.39, 0.29) is 5.91 Å². The standard InChI is InChI=1S/C18H19N3O2/c1-23-12-2-11-21(14-16-7-9-20-10-8-16)18(22)17-5-3-15(13-19)4-6-17/h3-10H,2,11-12,14H2,1H3. The number of hydrogen-bond acceptors (Lipinski definition) is 4. The Hall–Kier alpha value is -2.71. The molecule has 0 saturated carbocycles. The summed E-state index contributed by atoms with van der Waals surface area (Å²) < 4.78 is 5.07. The summed E-state index contributed by atoms with van der Waals surface area (Å²) in [4.78, 5) is 18.5. The molecule has 2 rings (SSSR count). The molecule has 0 spiro atoms. The van der Waals surface area contributed by atoms with E-state index in [0.717, 1.165) is 12.0 Å². The lowest BCUT2D eigenvalue weighted by Crippen LogP contribution is -2.32. The summed E-state index contributed by atoms with van der Waals surface area (Å²) in [5.74, 6) is -0.0533. The molecule has 23 heavy (non-hydrogen) atoms. The number of methoxy groups -OCH3 is 1. The first kappa shape index (κ1) is 16.7. The SMILES string of the molecule is COCCCN(Cc1ccncc1)C(=O)c1ccc(C#N)cc1. The van der Waals surface area contributed by atoms with Gasteiger partial charge in [-0.15, -0.1) is 0 Å². The highest BCUT2D eigenvalue weighted by Crippen LogP contribution is 2.11. The molecule has 2 aromatic rings. The molecule has 0 aliphatic rings. The van der Waals surface area contributed by atoms with Gasteiger partial charge in [-0.05, 0) is 48.4 Å². The van der Waals surface area contributed by atoms with E-state index in [4.69, 9.17) is 10.00 Å². The lowest BCUT2D eigenvalue weighted by atomic mass is 10.1. The molecule has 0 saturated heterocycles. The number of carbonyl (C=O) groups excluding carboxylic acids is 1. The molecule has 0 aliphatic heterocycles. The Balaban J connectivity index is 2.13. The zero-order valence-electron chi connectivity index (χ0n) is 13.1. The predicted molar refractivity (Wildman–Crippen MR) is 86.6 cm³/mol. The van der Waals surface area contributed by atoms with Crippen LogP contribution in [0.25, 0.3) is 0 Å². The smallest absolute Gasteiger partial charge is 0.254 e. The fraction of sp³-hybridized carbons (Fsp3) is 0.278. The van der Waals surface area contributed by atoms with Crippen LogP contribution < -0.4 is 0 Å². The van der Waals surface area contributed by atoms with Crippen molar-refractivity contribution >= 4 is 5.91 Å². The largest absolute Gasteiger partial charge is 0.385 e. The summed E-state index contributed by atoms with van der Waals surface area (Å²) in [6.45, 7) is 1.73. The number of nitriles is 1. The first-order valence-electron chi connectivity index (χ1n) is 7.42. The minimum absolute atomic E-state index is 0.0533. The topological polar surface area (TPSA) is 66.2 Å². The minimum atomic E-state index is -0.0533. The Morgan fingerprint density at radius 1 is 1.22 bits per heavy atom. The van der Waals surface area contributed by atoms with Crippen LogP contribution in [0, 0.1) is 11.3 Å². The van der Waals surface area contributed by atoms with E-state index in [0.29, 0.717) is 30.8 Å². The maximum absolute atomic E-state index is 12.7. The summed E-state index contributed by atoms with van der Waals surface area (Å²) >= 11 is 0. The second kappa shape index (κ2) is 8.66. The number of carbonyl (C=O) groups is 1. The second-order valence-corrected chi connectivity index (χ2v) is 5.12. The first-order chi connectivity index (χ1) is 11.2. The van der Waals surface area contributed by atoms with Crippen LogP contribution in [0.3, 0.4) is 0 Å². The van der Waals surface area contributed by atoms with E-state index in [1.165, 1.54) is 0 Å². The van der Waals surface area contributed by atoms with Gasteiger partial charge in [0.2, 0.25) is 0 Å². The van der Waals surface area contributed by atoms with E-state index in [2.05, 4.69) is 11.1 Å². The van der Waals surface area contributed by atoms with E-state index < -0.39 is 0 Å². The van der Waals surface area contributed by atoms with Crippen LogP contribution in [0.5, 0.6) is 0 Å². The van der Waals surface area contributed by atoms with Crippen molar-refractivity contribution in [3.05, 3.63) is 65.5 Å². The fourth-order valence-corrected chi connectivity index (χ4v) is 2.23. The van der Waals surface area contributed by atoms with Crippen molar-refractivity contribution < 1.29 is 9.53 Å². The van der Waals surface area contributed by atoms with Crippen molar-refractivity contribution in [3.63, 3.8) is 0 Å². The Bertz CT molecular complexity index is 663. The molecule has 0 unspecified atom stereocenters. The van der Waals surface area contributed by atoms with Crippen molar-refractivity contribution in [2.24, 2.45) is 0 Å². The van der Waals surface area contributed by atoms with Gasteiger partial charge in [0.05, 0.1) is 11.6 Å². The molecule has 118 valence electrons. The van der Waals surface area contributed by atoms with Gasteiger partial charge in [-0.1, -0.05) is 0 Å². The molecule has 0 radical (unpaired) electrons. The van der Waals surface area contributed by atoms with Gasteiger partial charge in [0.25, 0.3) is 5.91 Å². The molecule has 0 atom stereocenters. The molecule has 5 heteroatoms. The lowest BCUT2D eigenvalue weighted by molar-refractivity contribution is 0.0723. The monoisotopic (exact) mass is 309 g/mol. The number of aromatic nitrogens is 1. The summed E-state index contributed by atoms with van der Waals surface area (Å²) in [6, 6.07) is 12.6. The average Bonchev–Trinajstić information content (AvgIpc) is 2.61. The second-order valence-electron chi connectivity index (χ2n) is 5.12. The van der Waals surface area contributed by atoms with Crippen LogP contribution in [0.4, 0.5) is 0 Å². The van der Waals surface area contributed by atoms with Crippen LogP contribution in [0.2, 0.25) is 0 Å². The van der Waals surface area contributed by atoms with Crippen LogP contribution >= 0.6 is 0 Å². The number of amides is 1. The van der Waals surface area contributed by atoms with Gasteiger partial charge in [-0.25, -0.2) is 0 Å². The highest BCUT2D eigenvalue weighted by Gasteiger charge is 2.16. The van der Waals surface area contributed by atoms with Gasteiger partial charge in [0, 0.05) is 44.8 Å². The van der Waals surface area contributed by atoms with Crippen molar-refractivity contribution in [1.82, 2.24) is 9.88 Å². The molecule has 1 amide bonds. The highest BCUT2D eigenvalue weighted by molar-refractivity contribution is 5.94. The molecular weight excluding hydrogens is 290 g/mol. The predicted octanol–water partition coefficient (Wildman–Crippen LogP) is 2.63. The van der Waals surface area contributed by atoms with Gasteiger partial charge in [0.1, 0.15) is 0 Å². The van der Waals surface area contributed by atoms with Crippen molar-refractivity contribution in [3.8, 4) is 6.07 Å². The summed E-state index contributed by atoms with van der Waals surface area (Å²) in [5, 5.41) is 8.85. The molecule has 0 bridgehead atoms. The normalized spacial score (nSPS) is 10.1. The third-order valence-corrected chi connectivity index (χ3v) is 3.45.